The van der Waals surface area contributed by atoms with Gasteiger partial charge < -0.3 is 5.11 Å². The summed E-state index contributed by atoms with van der Waals surface area (Å²) in [4.78, 5) is 0. The van der Waals surface area contributed by atoms with Gasteiger partial charge in [0.2, 0.25) is 0 Å². The van der Waals surface area contributed by atoms with E-state index in [1.165, 1.54) is 12.8 Å². The molecule has 0 aromatic heterocycles. The van der Waals surface area contributed by atoms with Gasteiger partial charge in [-0.15, -0.1) is 0 Å². The van der Waals surface area contributed by atoms with E-state index in [1.807, 2.05) is 0 Å². The summed E-state index contributed by atoms with van der Waals surface area (Å²) >= 11 is 0. The highest BCUT2D eigenvalue weighted by atomic mass is 16.3. The molecule has 1 atom stereocenters. The van der Waals surface area contributed by atoms with Crippen molar-refractivity contribution >= 4 is 0 Å². The second-order valence-electron chi connectivity index (χ2n) is 2.69. The number of aliphatic hydroxyl groups is 1. The Labute approximate surface area is 50.7 Å². The summed E-state index contributed by atoms with van der Waals surface area (Å²) in [6.07, 6.45) is 4.69. The summed E-state index contributed by atoms with van der Waals surface area (Å²) in [5.41, 5.74) is 0. The Kier molecular flexibility index (Phi) is 1.90. The third kappa shape index (κ3) is 1.48. The van der Waals surface area contributed by atoms with Crippen LogP contribution in [0.5, 0.6) is 0 Å². The molecule has 1 aliphatic carbocycles. The minimum atomic E-state index is 0.0278. The average Bonchev–Trinajstić information content (AvgIpc) is 2.45. The van der Waals surface area contributed by atoms with E-state index >= 15 is 0 Å². The van der Waals surface area contributed by atoms with Crippen molar-refractivity contribution in [3.8, 4) is 0 Å². The third-order valence-electron chi connectivity index (χ3n) is 1.75. The maximum Gasteiger partial charge on any atom is 0.0568 e. The molecule has 0 aromatic carbocycles. The van der Waals surface area contributed by atoms with Crippen molar-refractivity contribution < 1.29 is 5.11 Å². The van der Waals surface area contributed by atoms with Crippen LogP contribution in [0.25, 0.3) is 0 Å². The summed E-state index contributed by atoms with van der Waals surface area (Å²) < 4.78 is 0. The van der Waals surface area contributed by atoms with Crippen molar-refractivity contribution in [2.45, 2.75) is 38.7 Å². The lowest BCUT2D eigenvalue weighted by molar-refractivity contribution is 0.140. The molecule has 1 heteroatoms. The molecule has 1 nitrogen and oxygen atoms in total. The van der Waals surface area contributed by atoms with Crippen molar-refractivity contribution in [3.63, 3.8) is 0 Å². The summed E-state index contributed by atoms with van der Waals surface area (Å²) in [5.74, 6) is 0.676. The lowest BCUT2D eigenvalue weighted by atomic mass is 10.1. The first-order valence-corrected chi connectivity index (χ1v) is 3.52. The highest BCUT2D eigenvalue weighted by Crippen LogP contribution is 2.34. The largest absolute Gasteiger partial charge is 0.393 e. The summed E-state index contributed by atoms with van der Waals surface area (Å²) in [5, 5.41) is 9.19. The van der Waals surface area contributed by atoms with E-state index in [0.717, 1.165) is 12.8 Å². The fraction of sp³-hybridized carbons (Fsp3) is 1.00. The van der Waals surface area contributed by atoms with Gasteiger partial charge in [-0.25, -0.2) is 0 Å². The average molecular weight is 114 g/mol. The maximum absolute atomic E-state index is 9.19. The molecule has 1 fully saturated rings. The van der Waals surface area contributed by atoms with Crippen LogP contribution in [0, 0.1) is 5.92 Å². The predicted octanol–water partition coefficient (Wildman–Crippen LogP) is 1.56. The second-order valence-corrected chi connectivity index (χ2v) is 2.69. The topological polar surface area (TPSA) is 20.2 Å². The van der Waals surface area contributed by atoms with E-state index in [9.17, 15) is 5.11 Å². The van der Waals surface area contributed by atoms with Crippen LogP contribution in [0.1, 0.15) is 32.6 Å². The molecule has 0 bridgehead atoms. The van der Waals surface area contributed by atoms with Gasteiger partial charge in [-0.05, 0) is 25.2 Å². The van der Waals surface area contributed by atoms with Crippen LogP contribution in [0.15, 0.2) is 0 Å². The molecule has 0 unspecified atom stereocenters. The standard InChI is InChI=1S/C7H14O/c1-2-3-7(8)6-4-5-6/h6-8H,2-5H2,1H3/t7-/m0/s1. The Morgan fingerprint density at radius 2 is 2.25 bits per heavy atom. The van der Waals surface area contributed by atoms with Gasteiger partial charge in [0.05, 0.1) is 6.10 Å². The maximum atomic E-state index is 9.19. The molecule has 0 spiro atoms. The minimum absolute atomic E-state index is 0.0278. The highest BCUT2D eigenvalue weighted by Gasteiger charge is 2.28. The summed E-state index contributed by atoms with van der Waals surface area (Å²) in [6.45, 7) is 2.12. The Morgan fingerprint density at radius 1 is 1.62 bits per heavy atom. The van der Waals surface area contributed by atoms with Crippen molar-refractivity contribution in [2.75, 3.05) is 0 Å². The lowest BCUT2D eigenvalue weighted by Gasteiger charge is -2.04. The predicted molar refractivity (Wildman–Crippen MR) is 33.6 cm³/mol. The van der Waals surface area contributed by atoms with Crippen LogP contribution in [0.4, 0.5) is 0 Å². The van der Waals surface area contributed by atoms with E-state index < -0.39 is 0 Å². The van der Waals surface area contributed by atoms with Crippen molar-refractivity contribution in [1.29, 1.82) is 0 Å². The molecule has 8 heavy (non-hydrogen) atoms. The van der Waals surface area contributed by atoms with Crippen molar-refractivity contribution in [1.82, 2.24) is 0 Å². The van der Waals surface area contributed by atoms with Crippen LogP contribution in [0.3, 0.4) is 0 Å². The molecule has 1 saturated carbocycles. The number of aliphatic hydroxyl groups excluding tert-OH is 1. The first-order valence-electron chi connectivity index (χ1n) is 3.52. The van der Waals surface area contributed by atoms with E-state index in [2.05, 4.69) is 6.92 Å². The van der Waals surface area contributed by atoms with Crippen LogP contribution in [0.2, 0.25) is 0 Å². The van der Waals surface area contributed by atoms with Gasteiger partial charge >= 0.3 is 0 Å². The molecule has 0 aromatic rings. The van der Waals surface area contributed by atoms with Gasteiger partial charge in [0.15, 0.2) is 0 Å². The van der Waals surface area contributed by atoms with Crippen LogP contribution in [-0.2, 0) is 0 Å². The van der Waals surface area contributed by atoms with Crippen LogP contribution >= 0.6 is 0 Å². The van der Waals surface area contributed by atoms with Gasteiger partial charge in [0.25, 0.3) is 0 Å². The highest BCUT2D eigenvalue weighted by molar-refractivity contribution is 4.80. The first kappa shape index (κ1) is 6.09. The van der Waals surface area contributed by atoms with Gasteiger partial charge in [-0.3, -0.25) is 0 Å². The van der Waals surface area contributed by atoms with E-state index in [0.29, 0.717) is 5.92 Å². The van der Waals surface area contributed by atoms with Gasteiger partial charge in [-0.1, -0.05) is 13.3 Å². The number of hydrogen-bond donors (Lipinski definition) is 1. The Hall–Kier alpha value is -0.0400. The number of hydrogen-bond acceptors (Lipinski definition) is 1. The number of rotatable bonds is 3. The van der Waals surface area contributed by atoms with E-state index in [-0.39, 0.29) is 6.10 Å². The summed E-state index contributed by atoms with van der Waals surface area (Å²) in [7, 11) is 0. The molecular weight excluding hydrogens is 100 g/mol. The van der Waals surface area contributed by atoms with E-state index in [1.54, 1.807) is 0 Å². The molecule has 1 aliphatic rings. The summed E-state index contributed by atoms with van der Waals surface area (Å²) in [6, 6.07) is 0. The zero-order valence-corrected chi connectivity index (χ0v) is 5.43. The monoisotopic (exact) mass is 114 g/mol. The molecular formula is C7H14O. The molecule has 0 radical (unpaired) electrons. The first-order chi connectivity index (χ1) is 3.84. The molecule has 0 heterocycles. The molecule has 0 amide bonds. The van der Waals surface area contributed by atoms with Gasteiger partial charge in [0, 0.05) is 0 Å². The SMILES string of the molecule is CCC[C@H](O)C1CC1. The van der Waals surface area contributed by atoms with Crippen molar-refractivity contribution in [3.05, 3.63) is 0 Å². The Morgan fingerprint density at radius 3 is 2.62 bits per heavy atom. The van der Waals surface area contributed by atoms with Gasteiger partial charge in [-0.2, -0.15) is 0 Å². The molecule has 0 aliphatic heterocycles. The lowest BCUT2D eigenvalue weighted by Crippen LogP contribution is -2.07. The second kappa shape index (κ2) is 2.49. The molecule has 48 valence electrons. The Bertz CT molecular complexity index is 66.8. The minimum Gasteiger partial charge on any atom is -0.393 e. The fourth-order valence-electron chi connectivity index (χ4n) is 1.01. The van der Waals surface area contributed by atoms with Gasteiger partial charge in [0.1, 0.15) is 0 Å². The molecule has 1 rings (SSSR count). The normalized spacial score (nSPS) is 23.2. The van der Waals surface area contributed by atoms with Crippen LogP contribution in [-0.4, -0.2) is 11.2 Å². The molecule has 1 N–H and O–H groups in total. The quantitative estimate of drug-likeness (QED) is 0.590. The third-order valence-corrected chi connectivity index (χ3v) is 1.75. The fourth-order valence-corrected chi connectivity index (χ4v) is 1.01. The van der Waals surface area contributed by atoms with E-state index in [4.69, 9.17) is 0 Å². The Balaban J connectivity index is 2.03. The molecule has 0 saturated heterocycles. The smallest absolute Gasteiger partial charge is 0.0568 e. The zero-order valence-electron chi connectivity index (χ0n) is 5.43. The van der Waals surface area contributed by atoms with Crippen molar-refractivity contribution in [2.24, 2.45) is 5.92 Å². The van der Waals surface area contributed by atoms with Crippen LogP contribution < -0.4 is 0 Å². The zero-order chi connectivity index (χ0) is 5.98.